The molecule has 2 aromatic rings. The first-order chi connectivity index (χ1) is 15.1. The van der Waals surface area contributed by atoms with Gasteiger partial charge in [-0.15, -0.1) is 0 Å². The molecule has 0 heterocycles. The molecule has 1 atom stereocenters. The van der Waals surface area contributed by atoms with Crippen molar-refractivity contribution in [1.29, 1.82) is 0 Å². The summed E-state index contributed by atoms with van der Waals surface area (Å²) in [6, 6.07) is 6.74. The van der Waals surface area contributed by atoms with Crippen LogP contribution in [0.15, 0.2) is 35.2 Å². The van der Waals surface area contributed by atoms with Crippen LogP contribution in [0.1, 0.15) is 40.4 Å². The van der Waals surface area contributed by atoms with Crippen molar-refractivity contribution in [2.45, 2.75) is 37.5 Å². The first-order valence-electron chi connectivity index (χ1n) is 9.83. The number of nitrogens with one attached hydrogen (secondary N) is 2. The van der Waals surface area contributed by atoms with Crippen LogP contribution >= 0.6 is 23.2 Å². The zero-order valence-corrected chi connectivity index (χ0v) is 19.6. The number of carbonyl (C=O) groups is 1. The minimum Gasteiger partial charge on any atom is -0.611 e. The van der Waals surface area contributed by atoms with Crippen LogP contribution in [0.25, 0.3) is 0 Å². The van der Waals surface area contributed by atoms with Crippen LogP contribution in [0.3, 0.4) is 0 Å². The number of benzene rings is 2. The Bertz CT molecular complexity index is 945. The summed E-state index contributed by atoms with van der Waals surface area (Å²) in [5, 5.41) is 5.66. The van der Waals surface area contributed by atoms with Crippen molar-refractivity contribution in [2.75, 3.05) is 18.8 Å². The zero-order chi connectivity index (χ0) is 23.9. The average molecular weight is 510 g/mol. The Morgan fingerprint density at radius 2 is 1.91 bits per heavy atom. The van der Waals surface area contributed by atoms with Gasteiger partial charge >= 0.3 is 6.18 Å². The molecule has 11 heteroatoms. The largest absolute Gasteiger partial charge is 0.611 e. The van der Waals surface area contributed by atoms with E-state index in [9.17, 15) is 22.5 Å². The van der Waals surface area contributed by atoms with Crippen molar-refractivity contribution in [2.24, 2.45) is 5.73 Å². The Hall–Kier alpha value is -1.49. The normalized spacial score (nSPS) is 12.6. The summed E-state index contributed by atoms with van der Waals surface area (Å²) in [4.78, 5) is 13.1. The molecule has 4 N–H and O–H groups in total. The van der Waals surface area contributed by atoms with Gasteiger partial charge in [-0.2, -0.15) is 13.2 Å². The highest BCUT2D eigenvalue weighted by Crippen LogP contribution is 2.36. The minimum atomic E-state index is -4.69. The second-order valence-corrected chi connectivity index (χ2v) is 9.42. The Balaban J connectivity index is 2.26. The lowest BCUT2D eigenvalue weighted by Gasteiger charge is -2.17. The predicted octanol–water partition coefficient (Wildman–Crippen LogP) is 4.51. The molecule has 2 rings (SSSR count). The van der Waals surface area contributed by atoms with Gasteiger partial charge in [0.15, 0.2) is 4.90 Å². The van der Waals surface area contributed by atoms with E-state index < -0.39 is 28.8 Å². The molecule has 0 bridgehead atoms. The quantitative estimate of drug-likeness (QED) is 0.324. The first-order valence-corrected chi connectivity index (χ1v) is 11.9. The molecule has 0 fully saturated rings. The van der Waals surface area contributed by atoms with Crippen LogP contribution in [-0.2, 0) is 30.4 Å². The molecule has 0 aliphatic carbocycles. The first kappa shape index (κ1) is 26.8. The Labute approximate surface area is 198 Å². The van der Waals surface area contributed by atoms with E-state index in [0.717, 1.165) is 6.07 Å². The van der Waals surface area contributed by atoms with Gasteiger partial charge in [-0.3, -0.25) is 4.79 Å². The fourth-order valence-electron chi connectivity index (χ4n) is 2.98. The van der Waals surface area contributed by atoms with Crippen molar-refractivity contribution in [3.8, 4) is 0 Å². The number of nitrogens with two attached hydrogens (primary N) is 1. The Kier molecular flexibility index (Phi) is 10.1. The predicted molar refractivity (Wildman–Crippen MR) is 121 cm³/mol. The van der Waals surface area contributed by atoms with E-state index >= 15 is 0 Å². The summed E-state index contributed by atoms with van der Waals surface area (Å²) >= 11 is 10.8. The molecule has 1 unspecified atom stereocenters. The van der Waals surface area contributed by atoms with E-state index in [2.05, 4.69) is 10.6 Å². The number of rotatable bonds is 10. The van der Waals surface area contributed by atoms with Crippen LogP contribution in [-0.4, -0.2) is 29.3 Å². The van der Waals surface area contributed by atoms with Gasteiger partial charge in [-0.25, -0.2) is 0 Å². The SMILES string of the molecule is CC[S+]([O-])c1ccc(Cl)cc1CNC(=O)c1cc(Cl)c(CNCCCN)c(C(F)(F)F)c1. The summed E-state index contributed by atoms with van der Waals surface area (Å²) in [6.45, 7) is 2.44. The van der Waals surface area contributed by atoms with E-state index in [-0.39, 0.29) is 29.2 Å². The van der Waals surface area contributed by atoms with Crippen molar-refractivity contribution >= 4 is 40.3 Å². The minimum absolute atomic E-state index is 0.0537. The topological polar surface area (TPSA) is 90.2 Å². The van der Waals surface area contributed by atoms with Gasteiger partial charge in [-0.05, 0) is 73.5 Å². The summed E-state index contributed by atoms with van der Waals surface area (Å²) in [7, 11) is 0. The molecule has 0 aliphatic rings. The van der Waals surface area contributed by atoms with Gasteiger partial charge in [0.2, 0.25) is 0 Å². The maximum atomic E-state index is 13.6. The van der Waals surface area contributed by atoms with Crippen LogP contribution < -0.4 is 16.4 Å². The zero-order valence-electron chi connectivity index (χ0n) is 17.3. The number of halogens is 5. The number of hydrogen-bond donors (Lipinski definition) is 3. The molecule has 176 valence electrons. The summed E-state index contributed by atoms with van der Waals surface area (Å²) in [5.41, 5.74) is 4.56. The van der Waals surface area contributed by atoms with Crippen molar-refractivity contribution < 1.29 is 22.5 Å². The van der Waals surface area contributed by atoms with E-state index in [0.29, 0.717) is 40.7 Å². The third-order valence-corrected chi connectivity index (χ3v) is 6.58. The fourth-order valence-corrected chi connectivity index (χ4v) is 4.42. The molecule has 0 spiro atoms. The lowest BCUT2D eigenvalue weighted by Crippen LogP contribution is -2.26. The van der Waals surface area contributed by atoms with Crippen LogP contribution in [0.5, 0.6) is 0 Å². The number of hydrogen-bond acceptors (Lipinski definition) is 4. The summed E-state index contributed by atoms with van der Waals surface area (Å²) < 4.78 is 53.1. The van der Waals surface area contributed by atoms with Crippen LogP contribution in [0.4, 0.5) is 13.2 Å². The molecule has 2 aromatic carbocycles. The summed E-state index contributed by atoms with van der Waals surface area (Å²) in [5.74, 6) is -0.373. The molecule has 0 aliphatic heterocycles. The third-order valence-electron chi connectivity index (χ3n) is 4.59. The smallest absolute Gasteiger partial charge is 0.416 e. The van der Waals surface area contributed by atoms with Crippen LogP contribution in [0.2, 0.25) is 10.0 Å². The average Bonchev–Trinajstić information content (AvgIpc) is 2.74. The monoisotopic (exact) mass is 509 g/mol. The molecular weight excluding hydrogens is 486 g/mol. The number of amides is 1. The lowest BCUT2D eigenvalue weighted by molar-refractivity contribution is -0.138. The third kappa shape index (κ3) is 7.26. The van der Waals surface area contributed by atoms with Gasteiger partial charge < -0.3 is 20.9 Å². The van der Waals surface area contributed by atoms with E-state index in [1.54, 1.807) is 25.1 Å². The van der Waals surface area contributed by atoms with E-state index in [1.807, 2.05) is 0 Å². The molecule has 5 nitrogen and oxygen atoms in total. The second kappa shape index (κ2) is 12.1. The maximum absolute atomic E-state index is 13.6. The Morgan fingerprint density at radius 1 is 1.19 bits per heavy atom. The highest BCUT2D eigenvalue weighted by Gasteiger charge is 2.35. The molecular formula is C21H24Cl2F3N3O2S. The van der Waals surface area contributed by atoms with Gasteiger partial charge in [0.1, 0.15) is 5.75 Å². The maximum Gasteiger partial charge on any atom is 0.416 e. The van der Waals surface area contributed by atoms with Gasteiger partial charge in [-0.1, -0.05) is 23.2 Å². The molecule has 32 heavy (non-hydrogen) atoms. The van der Waals surface area contributed by atoms with Crippen molar-refractivity contribution in [1.82, 2.24) is 10.6 Å². The molecule has 0 saturated carbocycles. The molecule has 0 saturated heterocycles. The molecule has 0 radical (unpaired) electrons. The number of alkyl halides is 3. The van der Waals surface area contributed by atoms with E-state index in [4.69, 9.17) is 28.9 Å². The summed E-state index contributed by atoms with van der Waals surface area (Å²) in [6.07, 6.45) is -4.09. The Morgan fingerprint density at radius 3 is 2.53 bits per heavy atom. The van der Waals surface area contributed by atoms with Crippen LogP contribution in [0, 0.1) is 0 Å². The molecule has 0 aromatic heterocycles. The van der Waals surface area contributed by atoms with Gasteiger partial charge in [0, 0.05) is 34.3 Å². The fraction of sp³-hybridized carbons (Fsp3) is 0.381. The highest BCUT2D eigenvalue weighted by atomic mass is 35.5. The number of carbonyl (C=O) groups excluding carboxylic acids is 1. The van der Waals surface area contributed by atoms with Gasteiger partial charge in [0.25, 0.3) is 5.91 Å². The van der Waals surface area contributed by atoms with Crippen molar-refractivity contribution in [3.05, 3.63) is 62.6 Å². The van der Waals surface area contributed by atoms with Gasteiger partial charge in [0.05, 0.1) is 5.56 Å². The lowest BCUT2D eigenvalue weighted by atomic mass is 10.0. The highest BCUT2D eigenvalue weighted by molar-refractivity contribution is 7.91. The molecule has 1 amide bonds. The second-order valence-electron chi connectivity index (χ2n) is 6.87. The van der Waals surface area contributed by atoms with Crippen molar-refractivity contribution in [3.63, 3.8) is 0 Å². The standard InChI is InChI=1S/C21H24Cl2F3N3O2S/c1-2-32(31)19-5-4-15(22)8-14(19)11-29-20(30)13-9-17(21(24,25)26)16(18(23)10-13)12-28-7-3-6-27/h4-5,8-10,28H,2-3,6-7,11-12,27H2,1H3,(H,29,30). The van der Waals surface area contributed by atoms with E-state index in [1.165, 1.54) is 6.07 Å².